The minimum Gasteiger partial charge on any atom is -0.372 e. The molecular formula is C25H33N7O. The minimum atomic E-state index is -0.284. The van der Waals surface area contributed by atoms with Crippen LogP contribution in [-0.2, 0) is 0 Å². The van der Waals surface area contributed by atoms with E-state index in [1.165, 1.54) is 37.8 Å². The first-order chi connectivity index (χ1) is 16.2. The van der Waals surface area contributed by atoms with Crippen molar-refractivity contribution in [1.82, 2.24) is 20.2 Å². The van der Waals surface area contributed by atoms with Gasteiger partial charge in [0.2, 0.25) is 5.95 Å². The van der Waals surface area contributed by atoms with Crippen LogP contribution in [0.2, 0.25) is 0 Å². The third-order valence-electron chi connectivity index (χ3n) is 7.08. The number of H-pyrrole nitrogens is 1. The number of rotatable bonds is 5. The Labute approximate surface area is 194 Å². The average molecular weight is 448 g/mol. The summed E-state index contributed by atoms with van der Waals surface area (Å²) in [6.45, 7) is 6.39. The van der Waals surface area contributed by atoms with E-state index in [9.17, 15) is 4.79 Å². The number of fused-ring (bicyclic) bond motifs is 1. The monoisotopic (exact) mass is 447 g/mol. The van der Waals surface area contributed by atoms with Gasteiger partial charge in [-0.2, -0.15) is 10.1 Å². The van der Waals surface area contributed by atoms with Crippen LogP contribution in [0.4, 0.5) is 23.1 Å². The summed E-state index contributed by atoms with van der Waals surface area (Å²) in [6, 6.07) is 8.44. The Bertz CT molecular complexity index is 1130. The van der Waals surface area contributed by atoms with Gasteiger partial charge >= 0.3 is 0 Å². The van der Waals surface area contributed by atoms with E-state index >= 15 is 0 Å². The molecule has 2 aliphatic heterocycles. The first kappa shape index (κ1) is 21.7. The van der Waals surface area contributed by atoms with Gasteiger partial charge in [0.1, 0.15) is 16.7 Å². The van der Waals surface area contributed by atoms with Gasteiger partial charge in [0.05, 0.1) is 6.20 Å². The zero-order valence-corrected chi connectivity index (χ0v) is 19.4. The normalized spacial score (nSPS) is 17.8. The van der Waals surface area contributed by atoms with Crippen LogP contribution in [0.25, 0.3) is 10.9 Å². The molecule has 2 aromatic heterocycles. The molecule has 0 amide bonds. The Hall–Kier alpha value is -3.16. The van der Waals surface area contributed by atoms with Crippen molar-refractivity contribution in [3.05, 3.63) is 40.8 Å². The van der Waals surface area contributed by atoms with E-state index in [-0.39, 0.29) is 5.56 Å². The summed E-state index contributed by atoms with van der Waals surface area (Å²) in [5.41, 5.74) is 2.42. The molecule has 1 aromatic carbocycles. The van der Waals surface area contributed by atoms with Crippen molar-refractivity contribution in [3.8, 4) is 0 Å². The van der Waals surface area contributed by atoms with Crippen molar-refractivity contribution in [2.45, 2.75) is 51.9 Å². The van der Waals surface area contributed by atoms with E-state index in [4.69, 9.17) is 4.98 Å². The Balaban J connectivity index is 1.41. The maximum absolute atomic E-state index is 12.6. The molecule has 0 atom stereocenters. The van der Waals surface area contributed by atoms with Gasteiger partial charge in [0.25, 0.3) is 5.56 Å². The fourth-order valence-corrected chi connectivity index (χ4v) is 4.99. The second-order valence-corrected chi connectivity index (χ2v) is 9.24. The highest BCUT2D eigenvalue weighted by Gasteiger charge is 2.19. The Morgan fingerprint density at radius 1 is 0.970 bits per heavy atom. The summed E-state index contributed by atoms with van der Waals surface area (Å²) in [5, 5.41) is 10.3. The Morgan fingerprint density at radius 2 is 1.70 bits per heavy atom. The smallest absolute Gasteiger partial charge is 0.277 e. The van der Waals surface area contributed by atoms with Gasteiger partial charge in [0.15, 0.2) is 0 Å². The van der Waals surface area contributed by atoms with Crippen LogP contribution >= 0.6 is 0 Å². The van der Waals surface area contributed by atoms with Crippen LogP contribution in [0.3, 0.4) is 0 Å². The third-order valence-corrected chi connectivity index (χ3v) is 7.08. The molecule has 33 heavy (non-hydrogen) atoms. The lowest BCUT2D eigenvalue weighted by Gasteiger charge is -2.33. The van der Waals surface area contributed by atoms with E-state index in [1.54, 1.807) is 6.20 Å². The number of nitrogens with zero attached hydrogens (tertiary/aromatic N) is 5. The molecule has 2 fully saturated rings. The van der Waals surface area contributed by atoms with Crippen molar-refractivity contribution in [3.63, 3.8) is 0 Å². The van der Waals surface area contributed by atoms with Crippen molar-refractivity contribution >= 4 is 34.0 Å². The number of aromatic amines is 1. The number of benzene rings is 1. The maximum Gasteiger partial charge on any atom is 0.277 e. The Morgan fingerprint density at radius 3 is 2.39 bits per heavy atom. The number of aromatic nitrogens is 4. The SMILES string of the molecule is CCC1CCN(c2ccc(Nc3nc(N4CCCCCC4)nc4cn[nH]c(=O)c34)cc2)CC1. The van der Waals surface area contributed by atoms with Crippen LogP contribution in [0.15, 0.2) is 35.3 Å². The second kappa shape index (κ2) is 9.77. The average Bonchev–Trinajstić information content (AvgIpc) is 3.14. The largest absolute Gasteiger partial charge is 0.372 e. The quantitative estimate of drug-likeness (QED) is 0.597. The molecule has 0 aliphatic carbocycles. The predicted octanol–water partition coefficient (Wildman–Crippen LogP) is 4.46. The maximum atomic E-state index is 12.6. The molecule has 3 aromatic rings. The molecule has 0 spiro atoms. The van der Waals surface area contributed by atoms with Crippen molar-refractivity contribution in [2.24, 2.45) is 5.92 Å². The van der Waals surface area contributed by atoms with Crippen LogP contribution < -0.4 is 20.7 Å². The predicted molar refractivity (Wildman–Crippen MR) is 134 cm³/mol. The molecule has 0 bridgehead atoms. The number of hydrogen-bond acceptors (Lipinski definition) is 7. The molecule has 0 saturated carbocycles. The van der Waals surface area contributed by atoms with Gasteiger partial charge in [-0.05, 0) is 55.9 Å². The van der Waals surface area contributed by atoms with Crippen molar-refractivity contribution < 1.29 is 0 Å². The van der Waals surface area contributed by atoms with Gasteiger partial charge in [-0.1, -0.05) is 26.2 Å². The lowest BCUT2D eigenvalue weighted by Crippen LogP contribution is -2.33. The molecule has 2 N–H and O–H groups in total. The van der Waals surface area contributed by atoms with E-state index in [0.717, 1.165) is 50.6 Å². The number of anilines is 4. The van der Waals surface area contributed by atoms with Gasteiger partial charge in [0, 0.05) is 37.6 Å². The molecule has 0 radical (unpaired) electrons. The number of hydrogen-bond donors (Lipinski definition) is 2. The summed E-state index contributed by atoms with van der Waals surface area (Å²) in [4.78, 5) is 26.7. The first-order valence-corrected chi connectivity index (χ1v) is 12.3. The lowest BCUT2D eigenvalue weighted by molar-refractivity contribution is 0.395. The summed E-state index contributed by atoms with van der Waals surface area (Å²) in [7, 11) is 0. The number of nitrogens with one attached hydrogen (secondary N) is 2. The van der Waals surface area contributed by atoms with E-state index < -0.39 is 0 Å². The molecule has 0 unspecified atom stereocenters. The summed E-state index contributed by atoms with van der Waals surface area (Å²) < 4.78 is 0. The summed E-state index contributed by atoms with van der Waals surface area (Å²) in [5.74, 6) is 2.05. The molecule has 5 rings (SSSR count). The van der Waals surface area contributed by atoms with Crippen molar-refractivity contribution in [2.75, 3.05) is 41.3 Å². The number of piperidine rings is 1. The highest BCUT2D eigenvalue weighted by Crippen LogP contribution is 2.28. The standard InChI is InChI=1S/C25H33N7O/c1-2-18-11-15-31(16-12-18)20-9-7-19(8-10-20)27-23-22-21(17-26-30-24(22)33)28-25(29-23)32-13-5-3-4-6-14-32/h7-10,17-18H,2-6,11-16H2,1H3,(H,30,33)(H,27,28,29). The van der Waals surface area contributed by atoms with Crippen LogP contribution in [0.5, 0.6) is 0 Å². The first-order valence-electron chi connectivity index (χ1n) is 12.3. The fourth-order valence-electron chi connectivity index (χ4n) is 4.99. The zero-order chi connectivity index (χ0) is 22.6. The molecular weight excluding hydrogens is 414 g/mol. The molecule has 2 saturated heterocycles. The van der Waals surface area contributed by atoms with Gasteiger partial charge in [-0.25, -0.2) is 10.1 Å². The summed E-state index contributed by atoms with van der Waals surface area (Å²) >= 11 is 0. The van der Waals surface area contributed by atoms with Crippen molar-refractivity contribution in [1.29, 1.82) is 0 Å². The van der Waals surface area contributed by atoms with Gasteiger partial charge in [-0.3, -0.25) is 4.79 Å². The Kier molecular flexibility index (Phi) is 6.41. The van der Waals surface area contributed by atoms with Crippen LogP contribution in [0.1, 0.15) is 51.9 Å². The highest BCUT2D eigenvalue weighted by molar-refractivity contribution is 5.90. The third kappa shape index (κ3) is 4.79. The zero-order valence-electron chi connectivity index (χ0n) is 19.4. The van der Waals surface area contributed by atoms with Crippen LogP contribution in [-0.4, -0.2) is 46.3 Å². The fraction of sp³-hybridized carbons (Fsp3) is 0.520. The van der Waals surface area contributed by atoms with E-state index in [0.29, 0.717) is 22.7 Å². The molecule has 174 valence electrons. The minimum absolute atomic E-state index is 0.284. The topological polar surface area (TPSA) is 90.0 Å². The molecule has 8 heteroatoms. The van der Waals surface area contributed by atoms with Gasteiger partial charge in [-0.15, -0.1) is 0 Å². The molecule has 8 nitrogen and oxygen atoms in total. The summed E-state index contributed by atoms with van der Waals surface area (Å²) in [6.07, 6.45) is 10.1. The van der Waals surface area contributed by atoms with Crippen LogP contribution in [0, 0.1) is 5.92 Å². The highest BCUT2D eigenvalue weighted by atomic mass is 16.1. The van der Waals surface area contributed by atoms with Gasteiger partial charge < -0.3 is 15.1 Å². The van der Waals surface area contributed by atoms with E-state index in [1.807, 2.05) is 0 Å². The van der Waals surface area contributed by atoms with E-state index in [2.05, 4.69) is 61.5 Å². The lowest BCUT2D eigenvalue weighted by atomic mass is 9.94. The molecule has 4 heterocycles. The second-order valence-electron chi connectivity index (χ2n) is 9.24. The molecule has 2 aliphatic rings.